The molecule has 7 heavy (non-hydrogen) atoms. The van der Waals surface area contributed by atoms with Crippen LogP contribution in [0.5, 0.6) is 0 Å². The van der Waals surface area contributed by atoms with Crippen molar-refractivity contribution in [2.45, 2.75) is 13.8 Å². The normalized spacial score (nSPS) is 42.0. The monoisotopic (exact) mass is 99.1 g/mol. The SMILES string of the molecule is C1C2CN1C2.CC. The fraction of sp³-hybridized carbons (Fsp3) is 1.00. The molecule has 0 unspecified atom stereocenters. The lowest BCUT2D eigenvalue weighted by Crippen LogP contribution is -2.63. The van der Waals surface area contributed by atoms with Crippen LogP contribution in [-0.2, 0) is 0 Å². The van der Waals surface area contributed by atoms with Crippen molar-refractivity contribution in [1.29, 1.82) is 0 Å². The molecule has 2 bridgehead atoms. The first-order valence-electron chi connectivity index (χ1n) is 3.17. The predicted octanol–water partition coefficient (Wildman–Crippen LogP) is 0.958. The number of nitrogens with zero attached hydrogens (tertiary/aromatic N) is 1. The number of hydrogen-bond acceptors (Lipinski definition) is 1. The molecule has 1 heteroatoms. The molecule has 3 aliphatic rings. The molecule has 42 valence electrons. The molecular weight excluding hydrogens is 86.1 g/mol. The van der Waals surface area contributed by atoms with Gasteiger partial charge in [0.1, 0.15) is 0 Å². The van der Waals surface area contributed by atoms with Crippen LogP contribution in [0.15, 0.2) is 0 Å². The Morgan fingerprint density at radius 2 is 1.29 bits per heavy atom. The van der Waals surface area contributed by atoms with E-state index in [0.717, 1.165) is 5.92 Å². The van der Waals surface area contributed by atoms with Gasteiger partial charge in [-0.15, -0.1) is 0 Å². The van der Waals surface area contributed by atoms with Gasteiger partial charge in [-0.3, -0.25) is 0 Å². The Morgan fingerprint density at radius 1 is 1.14 bits per heavy atom. The van der Waals surface area contributed by atoms with Crippen LogP contribution >= 0.6 is 0 Å². The molecule has 1 nitrogen and oxygen atoms in total. The lowest BCUT2D eigenvalue weighted by molar-refractivity contribution is -0.0457. The van der Waals surface area contributed by atoms with E-state index in [1.54, 1.807) is 0 Å². The molecule has 3 aliphatic heterocycles. The fourth-order valence-corrected chi connectivity index (χ4v) is 0.935. The first-order valence-corrected chi connectivity index (χ1v) is 3.17. The van der Waals surface area contributed by atoms with Crippen molar-refractivity contribution < 1.29 is 0 Å². The molecule has 0 amide bonds. The molecule has 3 heterocycles. The average molecular weight is 99.2 g/mol. The van der Waals surface area contributed by atoms with Crippen LogP contribution in [0, 0.1) is 5.92 Å². The van der Waals surface area contributed by atoms with Crippen LogP contribution in [0.25, 0.3) is 0 Å². The Hall–Kier alpha value is -0.0400. The summed E-state index contributed by atoms with van der Waals surface area (Å²) in [5, 5.41) is 0. The lowest BCUT2D eigenvalue weighted by atomic mass is 9.88. The zero-order valence-corrected chi connectivity index (χ0v) is 5.15. The molecule has 3 fully saturated rings. The highest BCUT2D eigenvalue weighted by Crippen LogP contribution is 2.27. The van der Waals surface area contributed by atoms with Gasteiger partial charge in [-0.05, 0) is 5.92 Å². The molecular formula is C6H13N. The van der Waals surface area contributed by atoms with Crippen molar-refractivity contribution in [2.75, 3.05) is 19.6 Å². The van der Waals surface area contributed by atoms with E-state index >= 15 is 0 Å². The highest BCUT2D eigenvalue weighted by molar-refractivity contribution is 4.93. The Balaban J connectivity index is 0.000000112. The van der Waals surface area contributed by atoms with E-state index < -0.39 is 0 Å². The summed E-state index contributed by atoms with van der Waals surface area (Å²) in [6, 6.07) is 0. The Labute approximate surface area is 45.3 Å². The third-order valence-corrected chi connectivity index (χ3v) is 1.55. The third-order valence-electron chi connectivity index (χ3n) is 1.55. The summed E-state index contributed by atoms with van der Waals surface area (Å²) in [6.07, 6.45) is 0. The Bertz CT molecular complexity index is 40.9. The van der Waals surface area contributed by atoms with E-state index in [2.05, 4.69) is 4.90 Å². The Morgan fingerprint density at radius 3 is 1.29 bits per heavy atom. The van der Waals surface area contributed by atoms with Crippen LogP contribution in [0.3, 0.4) is 0 Å². The average Bonchev–Trinajstić information content (AvgIpc) is 1.30. The van der Waals surface area contributed by atoms with Gasteiger partial charge in [-0.2, -0.15) is 0 Å². The standard InChI is InChI=1S/C4H7N.C2H6/c1-4-2-5(1)3-4;1-2/h4H,1-3H2;1-2H3. The van der Waals surface area contributed by atoms with Gasteiger partial charge >= 0.3 is 0 Å². The highest BCUT2D eigenvalue weighted by Gasteiger charge is 2.38. The van der Waals surface area contributed by atoms with Gasteiger partial charge in [0, 0.05) is 19.6 Å². The highest BCUT2D eigenvalue weighted by atomic mass is 15.3. The molecule has 0 N–H and O–H groups in total. The molecule has 0 aliphatic carbocycles. The summed E-state index contributed by atoms with van der Waals surface area (Å²) in [5.74, 6) is 1.13. The van der Waals surface area contributed by atoms with Crippen LogP contribution in [0.4, 0.5) is 0 Å². The van der Waals surface area contributed by atoms with Gasteiger partial charge in [-0.25, -0.2) is 0 Å². The van der Waals surface area contributed by atoms with E-state index in [0.29, 0.717) is 0 Å². The minimum absolute atomic E-state index is 1.13. The maximum Gasteiger partial charge on any atom is 0.00344 e. The summed E-state index contributed by atoms with van der Waals surface area (Å²) >= 11 is 0. The van der Waals surface area contributed by atoms with E-state index in [1.165, 1.54) is 19.6 Å². The molecule has 0 atom stereocenters. The molecule has 0 aromatic carbocycles. The molecule has 3 rings (SSSR count). The van der Waals surface area contributed by atoms with Gasteiger partial charge in [-0.1, -0.05) is 13.8 Å². The number of hydrogen-bond donors (Lipinski definition) is 0. The summed E-state index contributed by atoms with van der Waals surface area (Å²) in [5.41, 5.74) is 0. The van der Waals surface area contributed by atoms with E-state index in [-0.39, 0.29) is 0 Å². The molecule has 0 aromatic heterocycles. The quantitative estimate of drug-likeness (QED) is 0.437. The fourth-order valence-electron chi connectivity index (χ4n) is 0.935. The second-order valence-electron chi connectivity index (χ2n) is 2.08. The van der Waals surface area contributed by atoms with Crippen molar-refractivity contribution in [2.24, 2.45) is 5.92 Å². The van der Waals surface area contributed by atoms with Crippen molar-refractivity contribution >= 4 is 0 Å². The van der Waals surface area contributed by atoms with E-state index in [9.17, 15) is 0 Å². The van der Waals surface area contributed by atoms with Crippen LogP contribution in [0.1, 0.15) is 13.8 Å². The molecule has 0 saturated carbocycles. The van der Waals surface area contributed by atoms with Crippen molar-refractivity contribution in [3.05, 3.63) is 0 Å². The molecule has 3 saturated heterocycles. The van der Waals surface area contributed by atoms with Crippen LogP contribution in [-0.4, -0.2) is 24.5 Å². The minimum Gasteiger partial charge on any atom is -0.302 e. The van der Waals surface area contributed by atoms with Crippen molar-refractivity contribution in [3.8, 4) is 0 Å². The van der Waals surface area contributed by atoms with Crippen molar-refractivity contribution in [1.82, 2.24) is 4.90 Å². The third kappa shape index (κ3) is 0.653. The summed E-state index contributed by atoms with van der Waals surface area (Å²) in [6.45, 7) is 8.25. The summed E-state index contributed by atoms with van der Waals surface area (Å²) in [7, 11) is 0. The van der Waals surface area contributed by atoms with Gasteiger partial charge in [0.05, 0.1) is 0 Å². The maximum absolute atomic E-state index is 2.45. The van der Waals surface area contributed by atoms with Gasteiger partial charge < -0.3 is 4.90 Å². The topological polar surface area (TPSA) is 3.24 Å². The van der Waals surface area contributed by atoms with Gasteiger partial charge in [0.25, 0.3) is 0 Å². The van der Waals surface area contributed by atoms with E-state index in [1.807, 2.05) is 13.8 Å². The molecule has 0 aromatic rings. The van der Waals surface area contributed by atoms with Crippen molar-refractivity contribution in [3.63, 3.8) is 0 Å². The van der Waals surface area contributed by atoms with Gasteiger partial charge in [0.2, 0.25) is 0 Å². The second kappa shape index (κ2) is 1.83. The minimum atomic E-state index is 1.13. The largest absolute Gasteiger partial charge is 0.302 e. The smallest absolute Gasteiger partial charge is 0.00344 e. The summed E-state index contributed by atoms with van der Waals surface area (Å²) in [4.78, 5) is 2.45. The lowest BCUT2D eigenvalue weighted by Gasteiger charge is -2.53. The van der Waals surface area contributed by atoms with Gasteiger partial charge in [0.15, 0.2) is 0 Å². The first kappa shape index (κ1) is 5.10. The predicted molar refractivity (Wildman–Crippen MR) is 31.3 cm³/mol. The zero-order valence-electron chi connectivity index (χ0n) is 5.15. The zero-order chi connectivity index (χ0) is 5.28. The van der Waals surface area contributed by atoms with E-state index in [4.69, 9.17) is 0 Å². The molecule has 0 spiro atoms. The van der Waals surface area contributed by atoms with Crippen LogP contribution in [0.2, 0.25) is 0 Å². The number of rotatable bonds is 0. The van der Waals surface area contributed by atoms with Crippen LogP contribution < -0.4 is 0 Å². The maximum atomic E-state index is 2.45. The summed E-state index contributed by atoms with van der Waals surface area (Å²) < 4.78 is 0. The first-order chi connectivity index (χ1) is 3.45. The molecule has 0 radical (unpaired) electrons. The Kier molecular flexibility index (Phi) is 1.33. The second-order valence-corrected chi connectivity index (χ2v) is 2.08.